The Hall–Kier alpha value is -9.63. The molecule has 2 aliphatic heterocycles. The number of rotatable bonds is 4. The molecule has 81 heavy (non-hydrogen) atoms. The van der Waals surface area contributed by atoms with Crippen molar-refractivity contribution in [2.24, 2.45) is 0 Å². The largest absolute Gasteiger partial charge is 0.563 e. The van der Waals surface area contributed by atoms with Crippen LogP contribution in [0.5, 0.6) is 0 Å². The molecular formula is C76H50AlN4. The van der Waals surface area contributed by atoms with E-state index in [0.29, 0.717) is 0 Å². The van der Waals surface area contributed by atoms with E-state index in [0.717, 1.165) is 25.7 Å². The molecule has 0 saturated heterocycles. The second kappa shape index (κ2) is 17.4. The minimum atomic E-state index is -0.605. The van der Waals surface area contributed by atoms with Crippen LogP contribution in [-0.4, -0.2) is 32.7 Å². The molecule has 0 spiro atoms. The fourth-order valence-electron chi connectivity index (χ4n) is 14.9. The van der Waals surface area contributed by atoms with Crippen molar-refractivity contribution in [1.82, 2.24) is 17.1 Å². The second-order valence-electron chi connectivity index (χ2n) is 22.6. The van der Waals surface area contributed by atoms with Gasteiger partial charge in [-0.3, -0.25) is 0 Å². The fourth-order valence-corrected chi connectivity index (χ4v) is 16.6. The first-order chi connectivity index (χ1) is 40.2. The van der Waals surface area contributed by atoms with Crippen molar-refractivity contribution in [3.8, 4) is 44.5 Å². The van der Waals surface area contributed by atoms with Crippen LogP contribution in [0.3, 0.4) is 0 Å². The number of hydrogen-bond acceptors (Lipinski definition) is 0. The van der Waals surface area contributed by atoms with Gasteiger partial charge in [0, 0.05) is 114 Å². The molecule has 12 aromatic carbocycles. The molecule has 2 aliphatic rings. The maximum absolute atomic E-state index is 4.37. The summed E-state index contributed by atoms with van der Waals surface area (Å²) in [5.41, 5.74) is 20.7. The number of benzene rings is 12. The molecule has 377 valence electrons. The minimum Gasteiger partial charge on any atom is -0.426 e. The minimum absolute atomic E-state index is 0.605. The Labute approximate surface area is 474 Å². The average molecular weight is 1050 g/mol. The normalized spacial score (nSPS) is 13.1. The topological polar surface area (TPSA) is 41.4 Å². The lowest BCUT2D eigenvalue weighted by Crippen LogP contribution is -2.26. The van der Waals surface area contributed by atoms with Crippen LogP contribution in [0.25, 0.3) is 131 Å². The highest BCUT2D eigenvalue weighted by molar-refractivity contribution is 6.36. The zero-order chi connectivity index (χ0) is 52.9. The summed E-state index contributed by atoms with van der Waals surface area (Å²) in [5, 5.41) is 20.7. The molecular weight excluding hydrogens is 996 g/mol. The number of hydrogen-bond donors (Lipinski definition) is 2. The first-order valence-corrected chi connectivity index (χ1v) is 29.5. The Kier molecular flexibility index (Phi) is 9.74. The number of H-pyrrole nitrogens is 2. The summed E-state index contributed by atoms with van der Waals surface area (Å²) < 4.78 is 5.75. The van der Waals surface area contributed by atoms with E-state index in [-0.39, 0.29) is 0 Å². The average Bonchev–Trinajstić information content (AvgIpc) is 4.40. The third-order valence-electron chi connectivity index (χ3n) is 18.3. The van der Waals surface area contributed by atoms with Crippen molar-refractivity contribution in [3.63, 3.8) is 0 Å². The molecule has 6 bridgehead atoms. The van der Waals surface area contributed by atoms with Crippen LogP contribution in [0.15, 0.2) is 243 Å². The van der Waals surface area contributed by atoms with E-state index in [9.17, 15) is 0 Å². The molecule has 0 aliphatic carbocycles. The van der Waals surface area contributed by atoms with E-state index in [1.54, 1.807) is 0 Å². The van der Waals surface area contributed by atoms with Crippen LogP contribution < -0.4 is 0 Å². The first kappa shape index (κ1) is 45.3. The highest BCUT2D eigenvalue weighted by Gasteiger charge is 2.34. The third-order valence-corrected chi connectivity index (χ3v) is 20.0. The van der Waals surface area contributed by atoms with E-state index in [1.807, 2.05) is 0 Å². The molecule has 16 aromatic rings. The smallest absolute Gasteiger partial charge is 0.426 e. The molecule has 6 heterocycles. The molecule has 0 unspecified atom stereocenters. The fraction of sp³-hybridized carbons (Fsp3) is 0.0526. The van der Waals surface area contributed by atoms with Gasteiger partial charge in [-0.05, 0) is 112 Å². The number of nitrogens with one attached hydrogen (secondary N) is 2. The summed E-state index contributed by atoms with van der Waals surface area (Å²) in [6, 6.07) is 91.4. The molecule has 1 radical (unpaired) electrons. The zero-order valence-corrected chi connectivity index (χ0v) is 45.5. The van der Waals surface area contributed by atoms with E-state index in [1.165, 1.54) is 176 Å². The highest BCUT2D eigenvalue weighted by Crippen LogP contribution is 2.50. The van der Waals surface area contributed by atoms with Gasteiger partial charge in [0.05, 0.1) is 0 Å². The van der Waals surface area contributed by atoms with E-state index in [2.05, 4.69) is 260 Å². The first-order valence-electron chi connectivity index (χ1n) is 28.5. The lowest BCUT2D eigenvalue weighted by molar-refractivity contribution is 0.864. The van der Waals surface area contributed by atoms with Gasteiger partial charge < -0.3 is 17.1 Å². The standard InChI is InChI=1S/C76H50N4.Al/c1-5-21-45(22-6-1)69-53-33-17-13-29-49(53)37-57-61-42-66-75-59(39-51-31-15-19-35-55(51)71(75)47-25-9-3-10-26-47)63(79-66)44-68-76-60(40-52-32-16-20-36-56(52)72(76)48-27-11-4-12-28-48)64(80-68)43-67-74-58(62(78-67)41-65(77-61)73(57)69)38-50-30-14-18-34-54(50)70(74)46-23-7-2-8-24-46;/h1-40,77,80H,41-44H2;/q-2;+2. The van der Waals surface area contributed by atoms with Crippen LogP contribution in [0.4, 0.5) is 0 Å². The summed E-state index contributed by atoms with van der Waals surface area (Å²) in [6.45, 7) is 0. The summed E-state index contributed by atoms with van der Waals surface area (Å²) in [7, 11) is 0. The predicted molar refractivity (Wildman–Crippen MR) is 340 cm³/mol. The van der Waals surface area contributed by atoms with Gasteiger partial charge >= 0.3 is 15.7 Å². The summed E-state index contributed by atoms with van der Waals surface area (Å²) in [6.07, 6.45) is 2.92. The van der Waals surface area contributed by atoms with Gasteiger partial charge in [0.1, 0.15) is 0 Å². The van der Waals surface area contributed by atoms with Crippen LogP contribution in [0.2, 0.25) is 0 Å². The van der Waals surface area contributed by atoms with Crippen LogP contribution in [0.1, 0.15) is 45.6 Å². The van der Waals surface area contributed by atoms with Crippen molar-refractivity contribution in [2.75, 3.05) is 0 Å². The third kappa shape index (κ3) is 6.65. The van der Waals surface area contributed by atoms with E-state index in [4.69, 9.17) is 0 Å². The zero-order valence-electron chi connectivity index (χ0n) is 44.4. The molecule has 0 atom stereocenters. The maximum Gasteiger partial charge on any atom is 0.563 e. The quantitative estimate of drug-likeness (QED) is 0.165. The lowest BCUT2D eigenvalue weighted by Gasteiger charge is -2.21. The van der Waals surface area contributed by atoms with Crippen molar-refractivity contribution in [2.45, 2.75) is 25.7 Å². The number of aromatic amines is 2. The van der Waals surface area contributed by atoms with Crippen molar-refractivity contribution in [3.05, 3.63) is 288 Å². The Morgan fingerprint density at radius 1 is 0.247 bits per heavy atom. The van der Waals surface area contributed by atoms with Crippen molar-refractivity contribution in [1.29, 1.82) is 0 Å². The summed E-state index contributed by atoms with van der Waals surface area (Å²) in [5.74, 6) is 0. The van der Waals surface area contributed by atoms with Crippen molar-refractivity contribution < 1.29 is 0 Å². The molecule has 0 amide bonds. The van der Waals surface area contributed by atoms with Gasteiger partial charge in [-0.2, -0.15) is 0 Å². The molecule has 0 fully saturated rings. The van der Waals surface area contributed by atoms with Gasteiger partial charge in [0.2, 0.25) is 0 Å². The van der Waals surface area contributed by atoms with Crippen LogP contribution in [-0.2, 0) is 25.7 Å². The molecule has 2 N–H and O–H groups in total. The molecule has 4 aromatic heterocycles. The van der Waals surface area contributed by atoms with Crippen LogP contribution in [0, 0.1) is 0 Å². The molecule has 4 nitrogen and oxygen atoms in total. The molecule has 5 heteroatoms. The van der Waals surface area contributed by atoms with E-state index < -0.39 is 15.7 Å². The van der Waals surface area contributed by atoms with Crippen LogP contribution >= 0.6 is 0 Å². The Morgan fingerprint density at radius 3 is 0.852 bits per heavy atom. The van der Waals surface area contributed by atoms with Gasteiger partial charge in [0.25, 0.3) is 0 Å². The number of nitrogens with zero attached hydrogens (tertiary/aromatic N) is 2. The van der Waals surface area contributed by atoms with Gasteiger partial charge in [-0.1, -0.05) is 218 Å². The SMILES string of the molecule is c1ccc(-c2c3ccccc3cc3c4[nH]c(c23)Cc2c3cc5ccccc5c(-c5ccccc5)c3c3[n]2[Al][n]2c(c5cc6ccccc6c(-c6ccccc6)c5c2C4)Cc2[nH]c(c4cc5ccccc5c(-c5ccccc5)c24)C3)cc1. The van der Waals surface area contributed by atoms with Crippen molar-refractivity contribution >= 4 is 102 Å². The lowest BCUT2D eigenvalue weighted by atomic mass is 9.89. The Bertz CT molecular complexity index is 4960. The molecule has 18 rings (SSSR count). The number of aromatic nitrogens is 4. The van der Waals surface area contributed by atoms with Gasteiger partial charge in [-0.25, -0.2) is 0 Å². The Morgan fingerprint density at radius 2 is 0.519 bits per heavy atom. The number of fused-ring (bicyclic) bond motifs is 20. The van der Waals surface area contributed by atoms with Gasteiger partial charge in [-0.15, -0.1) is 0 Å². The highest BCUT2D eigenvalue weighted by atomic mass is 27.1. The molecule has 0 saturated carbocycles. The van der Waals surface area contributed by atoms with E-state index >= 15 is 0 Å². The summed E-state index contributed by atoms with van der Waals surface area (Å²) in [4.78, 5) is 8.73. The summed E-state index contributed by atoms with van der Waals surface area (Å²) >= 11 is -0.605. The predicted octanol–water partition coefficient (Wildman–Crippen LogP) is 18.8. The van der Waals surface area contributed by atoms with Gasteiger partial charge in [0.15, 0.2) is 0 Å². The monoisotopic (exact) mass is 1050 g/mol. The maximum atomic E-state index is 4.37. The Balaban J connectivity index is 1.08. The second-order valence-corrected chi connectivity index (χ2v) is 23.8.